The lowest BCUT2D eigenvalue weighted by atomic mass is 9.89. The highest BCUT2D eigenvalue weighted by Crippen LogP contribution is 2.31. The zero-order valence-corrected chi connectivity index (χ0v) is 11.0. The summed E-state index contributed by atoms with van der Waals surface area (Å²) in [5.41, 5.74) is 6.81. The number of rotatable bonds is 4. The van der Waals surface area contributed by atoms with Crippen LogP contribution in [0.4, 0.5) is 4.39 Å². The molecule has 2 unspecified atom stereocenters. The van der Waals surface area contributed by atoms with Crippen molar-refractivity contribution in [2.75, 3.05) is 6.54 Å². The van der Waals surface area contributed by atoms with Crippen LogP contribution < -0.4 is 5.73 Å². The van der Waals surface area contributed by atoms with E-state index in [1.54, 1.807) is 42.5 Å². The topological polar surface area (TPSA) is 46.2 Å². The predicted molar refractivity (Wildman–Crippen MR) is 74.6 cm³/mol. The van der Waals surface area contributed by atoms with Gasteiger partial charge >= 0.3 is 0 Å². The van der Waals surface area contributed by atoms with Gasteiger partial charge in [-0.1, -0.05) is 41.9 Å². The Morgan fingerprint density at radius 3 is 2.32 bits per heavy atom. The quantitative estimate of drug-likeness (QED) is 0.902. The van der Waals surface area contributed by atoms with Gasteiger partial charge in [-0.15, -0.1) is 0 Å². The molecule has 19 heavy (non-hydrogen) atoms. The maximum Gasteiger partial charge on any atom is 0.129 e. The van der Waals surface area contributed by atoms with Gasteiger partial charge in [-0.2, -0.15) is 0 Å². The largest absolute Gasteiger partial charge is 0.388 e. The summed E-state index contributed by atoms with van der Waals surface area (Å²) in [5, 5.41) is 10.9. The van der Waals surface area contributed by atoms with Crippen LogP contribution in [0.1, 0.15) is 23.1 Å². The number of hydrogen-bond donors (Lipinski definition) is 2. The highest BCUT2D eigenvalue weighted by molar-refractivity contribution is 6.30. The summed E-state index contributed by atoms with van der Waals surface area (Å²) >= 11 is 5.83. The maximum atomic E-state index is 13.7. The minimum Gasteiger partial charge on any atom is -0.388 e. The van der Waals surface area contributed by atoms with Crippen molar-refractivity contribution in [3.63, 3.8) is 0 Å². The number of halogens is 2. The van der Waals surface area contributed by atoms with Gasteiger partial charge in [-0.05, 0) is 23.8 Å². The molecule has 3 N–H and O–H groups in total. The normalized spacial score (nSPS) is 14.1. The number of benzene rings is 2. The van der Waals surface area contributed by atoms with Gasteiger partial charge in [0.25, 0.3) is 0 Å². The van der Waals surface area contributed by atoms with Crippen LogP contribution in [0.15, 0.2) is 48.5 Å². The number of hydrogen-bond acceptors (Lipinski definition) is 2. The highest BCUT2D eigenvalue weighted by Gasteiger charge is 2.23. The van der Waals surface area contributed by atoms with E-state index in [4.69, 9.17) is 17.3 Å². The summed E-state index contributed by atoms with van der Waals surface area (Å²) in [5.74, 6) is -0.795. The lowest BCUT2D eigenvalue weighted by molar-refractivity contribution is 0.143. The molecule has 0 aliphatic carbocycles. The molecule has 100 valence electrons. The molecule has 0 amide bonds. The zero-order valence-electron chi connectivity index (χ0n) is 10.3. The first-order chi connectivity index (χ1) is 9.13. The van der Waals surface area contributed by atoms with Gasteiger partial charge in [0.1, 0.15) is 5.82 Å². The van der Waals surface area contributed by atoms with E-state index < -0.39 is 11.9 Å². The van der Waals surface area contributed by atoms with Crippen molar-refractivity contribution in [1.82, 2.24) is 0 Å². The molecule has 0 radical (unpaired) electrons. The third-order valence-electron chi connectivity index (χ3n) is 3.16. The molecule has 0 bridgehead atoms. The van der Waals surface area contributed by atoms with Crippen molar-refractivity contribution >= 4 is 11.6 Å². The lowest BCUT2D eigenvalue weighted by Gasteiger charge is -2.22. The van der Waals surface area contributed by atoms with Crippen molar-refractivity contribution in [2.24, 2.45) is 5.73 Å². The van der Waals surface area contributed by atoms with E-state index in [-0.39, 0.29) is 18.0 Å². The molecule has 2 nitrogen and oxygen atoms in total. The van der Waals surface area contributed by atoms with Gasteiger partial charge in [0.05, 0.1) is 6.10 Å². The Bertz CT molecular complexity index is 544. The Hall–Kier alpha value is -1.42. The van der Waals surface area contributed by atoms with Gasteiger partial charge in [-0.25, -0.2) is 4.39 Å². The molecule has 2 atom stereocenters. The van der Waals surface area contributed by atoms with E-state index in [0.29, 0.717) is 5.02 Å². The van der Waals surface area contributed by atoms with Crippen LogP contribution >= 0.6 is 11.6 Å². The van der Waals surface area contributed by atoms with Crippen LogP contribution in [0, 0.1) is 5.82 Å². The molecule has 0 spiro atoms. The summed E-state index contributed by atoms with van der Waals surface area (Å²) in [7, 11) is 0. The monoisotopic (exact) mass is 279 g/mol. The third-order valence-corrected chi connectivity index (χ3v) is 3.41. The molecule has 0 aliphatic rings. The molecule has 0 heterocycles. The fourth-order valence-corrected chi connectivity index (χ4v) is 2.21. The van der Waals surface area contributed by atoms with Crippen LogP contribution in [0.3, 0.4) is 0 Å². The second kappa shape index (κ2) is 6.15. The molecule has 0 aromatic heterocycles. The van der Waals surface area contributed by atoms with Crippen LogP contribution in [-0.4, -0.2) is 11.7 Å². The SMILES string of the molecule is NCC(c1ccc(Cl)cc1)C(O)c1ccccc1F. The maximum absolute atomic E-state index is 13.7. The highest BCUT2D eigenvalue weighted by atomic mass is 35.5. The third kappa shape index (κ3) is 3.13. The Morgan fingerprint density at radius 1 is 1.11 bits per heavy atom. The van der Waals surface area contributed by atoms with Crippen LogP contribution in [-0.2, 0) is 0 Å². The van der Waals surface area contributed by atoms with Crippen molar-refractivity contribution in [2.45, 2.75) is 12.0 Å². The number of aliphatic hydroxyl groups excluding tert-OH is 1. The fourth-order valence-electron chi connectivity index (χ4n) is 2.09. The number of aliphatic hydroxyl groups is 1. The van der Waals surface area contributed by atoms with Gasteiger partial charge < -0.3 is 10.8 Å². The van der Waals surface area contributed by atoms with Crippen LogP contribution in [0.2, 0.25) is 5.02 Å². The van der Waals surface area contributed by atoms with E-state index in [1.165, 1.54) is 6.07 Å². The van der Waals surface area contributed by atoms with Crippen LogP contribution in [0.5, 0.6) is 0 Å². The Labute approximate surface area is 116 Å². The van der Waals surface area contributed by atoms with Gasteiger partial charge in [-0.3, -0.25) is 0 Å². The molecule has 0 aliphatic heterocycles. The predicted octanol–water partition coefficient (Wildman–Crippen LogP) is 3.26. The van der Waals surface area contributed by atoms with E-state index in [2.05, 4.69) is 0 Å². The number of nitrogens with two attached hydrogens (primary N) is 1. The van der Waals surface area contributed by atoms with E-state index in [1.807, 2.05) is 0 Å². The van der Waals surface area contributed by atoms with Gasteiger partial charge in [0.2, 0.25) is 0 Å². The summed E-state index contributed by atoms with van der Waals surface area (Å²) in [6.07, 6.45) is -0.979. The Morgan fingerprint density at radius 2 is 1.74 bits per heavy atom. The molecule has 2 aromatic carbocycles. The second-order valence-electron chi connectivity index (χ2n) is 4.36. The van der Waals surface area contributed by atoms with E-state index in [0.717, 1.165) is 5.56 Å². The van der Waals surface area contributed by atoms with Crippen molar-refractivity contribution in [3.8, 4) is 0 Å². The molecular formula is C15H15ClFNO. The van der Waals surface area contributed by atoms with Gasteiger partial charge in [0, 0.05) is 23.0 Å². The Balaban J connectivity index is 2.32. The van der Waals surface area contributed by atoms with Crippen molar-refractivity contribution in [3.05, 3.63) is 70.5 Å². The van der Waals surface area contributed by atoms with Crippen molar-refractivity contribution in [1.29, 1.82) is 0 Å². The molecule has 2 rings (SSSR count). The Kier molecular flexibility index (Phi) is 4.53. The van der Waals surface area contributed by atoms with E-state index >= 15 is 0 Å². The first-order valence-electron chi connectivity index (χ1n) is 6.01. The lowest BCUT2D eigenvalue weighted by Crippen LogP contribution is -2.20. The molecule has 0 saturated carbocycles. The second-order valence-corrected chi connectivity index (χ2v) is 4.80. The first kappa shape index (κ1) is 14.0. The molecule has 2 aromatic rings. The van der Waals surface area contributed by atoms with E-state index in [9.17, 15) is 9.50 Å². The molecule has 4 heteroatoms. The summed E-state index contributed by atoms with van der Waals surface area (Å²) in [6.45, 7) is 0.219. The summed E-state index contributed by atoms with van der Waals surface area (Å²) < 4.78 is 13.7. The molecular weight excluding hydrogens is 265 g/mol. The first-order valence-corrected chi connectivity index (χ1v) is 6.39. The molecule has 0 saturated heterocycles. The smallest absolute Gasteiger partial charge is 0.129 e. The minimum absolute atomic E-state index is 0.219. The van der Waals surface area contributed by atoms with Gasteiger partial charge in [0.15, 0.2) is 0 Å². The van der Waals surface area contributed by atoms with Crippen molar-refractivity contribution < 1.29 is 9.50 Å². The fraction of sp³-hybridized carbons (Fsp3) is 0.200. The minimum atomic E-state index is -0.979. The summed E-state index contributed by atoms with van der Waals surface area (Å²) in [6, 6.07) is 13.2. The zero-order chi connectivity index (χ0) is 13.8. The van der Waals surface area contributed by atoms with Crippen LogP contribution in [0.25, 0.3) is 0 Å². The standard InChI is InChI=1S/C15H15ClFNO/c16-11-7-5-10(6-8-11)13(9-18)15(19)12-3-1-2-4-14(12)17/h1-8,13,15,19H,9,18H2. The average molecular weight is 280 g/mol. The average Bonchev–Trinajstić information content (AvgIpc) is 2.42. The molecule has 0 fully saturated rings. The summed E-state index contributed by atoms with van der Waals surface area (Å²) in [4.78, 5) is 0.